The zero-order chi connectivity index (χ0) is 16.4. The fourth-order valence-corrected chi connectivity index (χ4v) is 2.44. The molecule has 0 unspecified atom stereocenters. The highest BCUT2D eigenvalue weighted by Gasteiger charge is 2.21. The molecule has 1 saturated carbocycles. The minimum atomic E-state index is -0.321. The van der Waals surface area contributed by atoms with Gasteiger partial charge in [0.25, 0.3) is 0 Å². The Labute approximate surface area is 137 Å². The average molecular weight is 311 g/mol. The highest BCUT2D eigenvalue weighted by atomic mass is 14.9. The first-order valence-electron chi connectivity index (χ1n) is 7.98. The number of nitrogens with two attached hydrogens (primary N) is 2. The molecule has 3 aromatic rings. The third-order valence-corrected chi connectivity index (χ3v) is 3.70. The van der Waals surface area contributed by atoms with Crippen molar-refractivity contribution in [3.05, 3.63) is 61.3 Å². The molecule has 0 saturated heterocycles. The summed E-state index contributed by atoms with van der Waals surface area (Å²) in [5.41, 5.74) is 12.1. The number of fused-ring (bicyclic) bond motifs is 1. The van der Waals surface area contributed by atoms with Gasteiger partial charge >= 0.3 is 0 Å². The molecule has 4 rings (SSSR count). The molecule has 122 valence electrons. The van der Waals surface area contributed by atoms with Gasteiger partial charge in [-0.1, -0.05) is 43.5 Å². The van der Waals surface area contributed by atoms with Crippen LogP contribution in [0.2, 0.25) is 0 Å². The molecule has 0 radical (unpaired) electrons. The van der Waals surface area contributed by atoms with Crippen molar-refractivity contribution in [1.82, 2.24) is 15.0 Å². The van der Waals surface area contributed by atoms with Crippen molar-refractivity contribution in [3.63, 3.8) is 0 Å². The Balaban J connectivity index is 0.000000133. The van der Waals surface area contributed by atoms with Crippen molar-refractivity contribution < 1.29 is 0 Å². The number of nitrogens with one attached hydrogen (secondary N) is 1. The molecule has 0 atom stereocenters. The predicted molar refractivity (Wildman–Crippen MR) is 94.5 cm³/mol. The molecule has 5 nitrogen and oxygen atoms in total. The molecule has 0 amide bonds. The molecule has 1 aliphatic carbocycles. The molecule has 1 aliphatic rings. The molecule has 1 aromatic carbocycles. The summed E-state index contributed by atoms with van der Waals surface area (Å²) in [6, 6.07) is 12.1. The van der Waals surface area contributed by atoms with Gasteiger partial charge in [0.2, 0.25) is 0 Å². The van der Waals surface area contributed by atoms with Gasteiger partial charge in [0.15, 0.2) is 0 Å². The lowest BCUT2D eigenvalue weighted by molar-refractivity contribution is 0.306. The van der Waals surface area contributed by atoms with E-state index in [0.29, 0.717) is 0 Å². The molecular weight excluding hydrogens is 286 g/mol. The Hall–Kier alpha value is -2.24. The van der Waals surface area contributed by atoms with Gasteiger partial charge in [0.05, 0.1) is 17.5 Å². The van der Waals surface area contributed by atoms with Crippen LogP contribution >= 0.6 is 0 Å². The molecule has 23 heavy (non-hydrogen) atoms. The minimum Gasteiger partial charge on any atom is -0.351 e. The summed E-state index contributed by atoms with van der Waals surface area (Å²) in [4.78, 5) is 10.6. The number of aromatic nitrogens is 3. The van der Waals surface area contributed by atoms with Gasteiger partial charge in [0, 0.05) is 24.0 Å². The van der Waals surface area contributed by atoms with Crippen LogP contribution < -0.4 is 11.5 Å². The van der Waals surface area contributed by atoms with Gasteiger partial charge in [-0.3, -0.25) is 4.98 Å². The van der Waals surface area contributed by atoms with Crippen LogP contribution in [0.3, 0.4) is 0 Å². The van der Waals surface area contributed by atoms with E-state index < -0.39 is 0 Å². The van der Waals surface area contributed by atoms with Crippen molar-refractivity contribution >= 4 is 10.9 Å². The van der Waals surface area contributed by atoms with Crippen LogP contribution in [-0.4, -0.2) is 20.6 Å². The maximum absolute atomic E-state index is 5.66. The zero-order valence-corrected chi connectivity index (χ0v) is 13.4. The molecule has 0 aliphatic heterocycles. The lowest BCUT2D eigenvalue weighted by Gasteiger charge is -2.28. The fraction of sp³-hybridized carbons (Fsp3) is 0.333. The number of benzene rings is 1. The van der Waals surface area contributed by atoms with E-state index in [-0.39, 0.29) is 5.66 Å². The Morgan fingerprint density at radius 2 is 1.65 bits per heavy atom. The van der Waals surface area contributed by atoms with Gasteiger partial charge in [-0.15, -0.1) is 0 Å². The number of imidazole rings is 1. The van der Waals surface area contributed by atoms with E-state index in [9.17, 15) is 0 Å². The van der Waals surface area contributed by atoms with Crippen LogP contribution in [0.5, 0.6) is 0 Å². The van der Waals surface area contributed by atoms with Crippen molar-refractivity contribution in [3.8, 4) is 0 Å². The largest absolute Gasteiger partial charge is 0.351 e. The molecule has 5 N–H and O–H groups in total. The average Bonchev–Trinajstić information content (AvgIpc) is 3.15. The smallest absolute Gasteiger partial charge is 0.0919 e. The van der Waals surface area contributed by atoms with E-state index in [2.05, 4.69) is 27.1 Å². The van der Waals surface area contributed by atoms with Gasteiger partial charge in [-0.05, 0) is 25.0 Å². The summed E-state index contributed by atoms with van der Waals surface area (Å²) in [6.07, 6.45) is 12.7. The fourth-order valence-electron chi connectivity index (χ4n) is 2.44. The number of hydrogen-bond donors (Lipinski definition) is 3. The quantitative estimate of drug-likeness (QED) is 0.556. The highest BCUT2D eigenvalue weighted by molar-refractivity contribution is 5.77. The number of aromatic amines is 1. The maximum Gasteiger partial charge on any atom is 0.0919 e. The minimum absolute atomic E-state index is 0.321. The highest BCUT2D eigenvalue weighted by Crippen LogP contribution is 2.20. The van der Waals surface area contributed by atoms with Crippen LogP contribution in [0.1, 0.15) is 32.1 Å². The van der Waals surface area contributed by atoms with E-state index in [1.807, 2.05) is 30.5 Å². The zero-order valence-electron chi connectivity index (χ0n) is 13.4. The predicted octanol–water partition coefficient (Wildman–Crippen LogP) is 3.21. The first-order chi connectivity index (χ1) is 11.2. The Kier molecular flexibility index (Phi) is 6.72. The molecule has 5 heteroatoms. The van der Waals surface area contributed by atoms with E-state index in [1.165, 1.54) is 24.6 Å². The monoisotopic (exact) mass is 311 g/mol. The summed E-state index contributed by atoms with van der Waals surface area (Å²) >= 11 is 0. The summed E-state index contributed by atoms with van der Waals surface area (Å²) < 4.78 is 0. The Morgan fingerprint density at radius 1 is 0.913 bits per heavy atom. The second-order valence-electron chi connectivity index (χ2n) is 5.75. The number of rotatable bonds is 0. The van der Waals surface area contributed by atoms with E-state index >= 15 is 0 Å². The van der Waals surface area contributed by atoms with Crippen LogP contribution in [0, 0.1) is 0 Å². The summed E-state index contributed by atoms with van der Waals surface area (Å²) in [7, 11) is 0. The van der Waals surface area contributed by atoms with E-state index in [4.69, 9.17) is 11.5 Å². The summed E-state index contributed by atoms with van der Waals surface area (Å²) in [5, 5.41) is 1.20. The lowest BCUT2D eigenvalue weighted by Crippen LogP contribution is -2.50. The van der Waals surface area contributed by atoms with Crippen molar-refractivity contribution in [1.29, 1.82) is 0 Å². The van der Waals surface area contributed by atoms with Gasteiger partial charge in [-0.2, -0.15) is 0 Å². The molecular formula is C18H25N5. The van der Waals surface area contributed by atoms with Gasteiger partial charge < -0.3 is 16.5 Å². The third-order valence-electron chi connectivity index (χ3n) is 3.70. The number of pyridine rings is 1. The number of nitrogens with zero attached hydrogens (tertiary/aromatic N) is 2. The molecule has 0 spiro atoms. The molecule has 2 heterocycles. The van der Waals surface area contributed by atoms with Crippen LogP contribution in [-0.2, 0) is 0 Å². The lowest BCUT2D eigenvalue weighted by atomic mass is 9.91. The van der Waals surface area contributed by atoms with Gasteiger partial charge in [0.1, 0.15) is 0 Å². The molecule has 1 fully saturated rings. The maximum atomic E-state index is 5.66. The standard InChI is InChI=1S/C9H7N.C6H14N2.C3H4N2/c1-2-6-9-8(4-1)5-3-7-10-9;7-6(8)4-2-1-3-5-6;1-2-5-3-4-1/h1-7H;1-5,7-8H2;1-3H,(H,4,5). The van der Waals surface area contributed by atoms with Crippen molar-refractivity contribution in [2.24, 2.45) is 11.5 Å². The van der Waals surface area contributed by atoms with Gasteiger partial charge in [-0.25, -0.2) is 4.98 Å². The molecule has 0 bridgehead atoms. The van der Waals surface area contributed by atoms with E-state index in [0.717, 1.165) is 18.4 Å². The van der Waals surface area contributed by atoms with Crippen molar-refractivity contribution in [2.75, 3.05) is 0 Å². The van der Waals surface area contributed by atoms with Crippen molar-refractivity contribution in [2.45, 2.75) is 37.8 Å². The SMILES string of the molecule is NC1(N)CCCCC1.c1c[nH]cn1.c1ccc2ncccc2c1. The Morgan fingerprint density at radius 3 is 2.17 bits per heavy atom. The third kappa shape index (κ3) is 6.59. The summed E-state index contributed by atoms with van der Waals surface area (Å²) in [5.74, 6) is 0. The van der Waals surface area contributed by atoms with E-state index in [1.54, 1.807) is 18.7 Å². The topological polar surface area (TPSA) is 93.6 Å². The first-order valence-corrected chi connectivity index (χ1v) is 7.98. The van der Waals surface area contributed by atoms with Crippen LogP contribution in [0.15, 0.2) is 61.3 Å². The number of H-pyrrole nitrogens is 1. The second kappa shape index (κ2) is 9.02. The number of para-hydroxylation sites is 1. The second-order valence-corrected chi connectivity index (χ2v) is 5.75. The normalized spacial score (nSPS) is 15.7. The molecule has 2 aromatic heterocycles. The van der Waals surface area contributed by atoms with Crippen LogP contribution in [0.25, 0.3) is 10.9 Å². The summed E-state index contributed by atoms with van der Waals surface area (Å²) in [6.45, 7) is 0. The first kappa shape index (κ1) is 17.1. The Bertz CT molecular complexity index is 573. The van der Waals surface area contributed by atoms with Crippen LogP contribution in [0.4, 0.5) is 0 Å². The number of hydrogen-bond acceptors (Lipinski definition) is 4.